The van der Waals surface area contributed by atoms with Gasteiger partial charge in [0.05, 0.1) is 5.02 Å². The molecule has 5 nitrogen and oxygen atoms in total. The molecule has 8 heteroatoms. The molecule has 0 fully saturated rings. The van der Waals surface area contributed by atoms with Crippen molar-refractivity contribution in [2.45, 2.75) is 24.8 Å². The topological polar surface area (TPSA) is 66.5 Å². The van der Waals surface area contributed by atoms with Gasteiger partial charge in [-0.1, -0.05) is 29.3 Å². The SMILES string of the molecule is CC(=O)N1CCc2ccc(NS(=O)(=O)c3cc(Cl)ccc3Cl)cc2C1. The van der Waals surface area contributed by atoms with E-state index in [0.29, 0.717) is 18.8 Å². The lowest BCUT2D eigenvalue weighted by Gasteiger charge is -2.28. The number of carbonyl (C=O) groups is 1. The molecule has 0 saturated heterocycles. The molecule has 0 aliphatic carbocycles. The number of halogens is 2. The van der Waals surface area contributed by atoms with Crippen LogP contribution in [0.5, 0.6) is 0 Å². The number of rotatable bonds is 3. The molecule has 1 N–H and O–H groups in total. The number of hydrogen-bond donors (Lipinski definition) is 1. The molecule has 3 rings (SSSR count). The van der Waals surface area contributed by atoms with Crippen LogP contribution in [0.3, 0.4) is 0 Å². The summed E-state index contributed by atoms with van der Waals surface area (Å²) in [6.45, 7) is 2.67. The van der Waals surface area contributed by atoms with Gasteiger partial charge < -0.3 is 4.90 Å². The average Bonchev–Trinajstić information content (AvgIpc) is 2.55. The van der Waals surface area contributed by atoms with Crippen molar-refractivity contribution in [1.29, 1.82) is 0 Å². The molecule has 2 aromatic rings. The van der Waals surface area contributed by atoms with E-state index in [-0.39, 0.29) is 20.8 Å². The van der Waals surface area contributed by atoms with E-state index in [4.69, 9.17) is 23.2 Å². The summed E-state index contributed by atoms with van der Waals surface area (Å²) in [5.74, 6) is 0.00217. The fourth-order valence-electron chi connectivity index (χ4n) is 2.78. The summed E-state index contributed by atoms with van der Waals surface area (Å²) >= 11 is 11.9. The monoisotopic (exact) mass is 398 g/mol. The minimum Gasteiger partial charge on any atom is -0.338 e. The molecule has 1 heterocycles. The normalized spacial score (nSPS) is 14.1. The van der Waals surface area contributed by atoms with E-state index in [2.05, 4.69) is 4.72 Å². The summed E-state index contributed by atoms with van der Waals surface area (Å²) in [6.07, 6.45) is 0.752. The Morgan fingerprint density at radius 3 is 2.60 bits per heavy atom. The van der Waals surface area contributed by atoms with Gasteiger partial charge >= 0.3 is 0 Å². The quantitative estimate of drug-likeness (QED) is 0.856. The predicted molar refractivity (Wildman–Crippen MR) is 98.5 cm³/mol. The highest BCUT2D eigenvalue weighted by molar-refractivity contribution is 7.92. The lowest BCUT2D eigenvalue weighted by molar-refractivity contribution is -0.129. The van der Waals surface area contributed by atoms with Crippen molar-refractivity contribution in [3.63, 3.8) is 0 Å². The van der Waals surface area contributed by atoms with Crippen LogP contribution in [0.2, 0.25) is 10.0 Å². The summed E-state index contributed by atoms with van der Waals surface area (Å²) in [5, 5.41) is 0.380. The highest BCUT2D eigenvalue weighted by atomic mass is 35.5. The van der Waals surface area contributed by atoms with Crippen LogP contribution in [0.15, 0.2) is 41.3 Å². The molecule has 0 atom stereocenters. The van der Waals surface area contributed by atoms with Crippen molar-refractivity contribution in [3.8, 4) is 0 Å². The number of hydrogen-bond acceptors (Lipinski definition) is 3. The second-order valence-corrected chi connectivity index (χ2v) is 8.35. The third kappa shape index (κ3) is 3.92. The fraction of sp³-hybridized carbons (Fsp3) is 0.235. The Bertz CT molecular complexity index is 945. The number of benzene rings is 2. The van der Waals surface area contributed by atoms with Crippen molar-refractivity contribution in [2.75, 3.05) is 11.3 Å². The van der Waals surface area contributed by atoms with Gasteiger partial charge in [0.15, 0.2) is 0 Å². The average molecular weight is 399 g/mol. The zero-order valence-electron chi connectivity index (χ0n) is 13.4. The number of nitrogens with zero attached hydrogens (tertiary/aromatic N) is 1. The first-order valence-corrected chi connectivity index (χ1v) is 9.85. The van der Waals surface area contributed by atoms with Crippen molar-refractivity contribution in [2.24, 2.45) is 0 Å². The molecule has 1 aliphatic rings. The van der Waals surface area contributed by atoms with Gasteiger partial charge in [0.25, 0.3) is 10.0 Å². The van der Waals surface area contributed by atoms with Crippen LogP contribution in [0.25, 0.3) is 0 Å². The highest BCUT2D eigenvalue weighted by Gasteiger charge is 2.21. The van der Waals surface area contributed by atoms with Gasteiger partial charge in [-0.15, -0.1) is 0 Å². The summed E-state index contributed by atoms with van der Waals surface area (Å²) in [6, 6.07) is 9.61. The number of sulfonamides is 1. The maximum atomic E-state index is 12.6. The third-order valence-electron chi connectivity index (χ3n) is 4.10. The van der Waals surface area contributed by atoms with Gasteiger partial charge in [0, 0.05) is 30.7 Å². The van der Waals surface area contributed by atoms with E-state index >= 15 is 0 Å². The van der Waals surface area contributed by atoms with E-state index in [1.165, 1.54) is 25.1 Å². The van der Waals surface area contributed by atoms with Gasteiger partial charge in [-0.05, 0) is 47.9 Å². The number of nitrogens with one attached hydrogen (secondary N) is 1. The fourth-order valence-corrected chi connectivity index (χ4v) is 4.60. The summed E-state index contributed by atoms with van der Waals surface area (Å²) in [5.41, 5.74) is 2.46. The van der Waals surface area contributed by atoms with E-state index in [9.17, 15) is 13.2 Å². The van der Waals surface area contributed by atoms with E-state index in [0.717, 1.165) is 17.5 Å². The van der Waals surface area contributed by atoms with Crippen LogP contribution in [0.4, 0.5) is 5.69 Å². The van der Waals surface area contributed by atoms with Crippen LogP contribution >= 0.6 is 23.2 Å². The Hall–Kier alpha value is -1.76. The number of fused-ring (bicyclic) bond motifs is 1. The molecule has 25 heavy (non-hydrogen) atoms. The van der Waals surface area contributed by atoms with E-state index in [1.807, 2.05) is 6.07 Å². The Morgan fingerprint density at radius 1 is 1.12 bits per heavy atom. The van der Waals surface area contributed by atoms with Crippen LogP contribution in [0.1, 0.15) is 18.1 Å². The second kappa shape index (κ2) is 6.86. The molecule has 0 unspecified atom stereocenters. The summed E-state index contributed by atoms with van der Waals surface area (Å²) < 4.78 is 27.7. The van der Waals surface area contributed by atoms with Gasteiger partial charge in [-0.3, -0.25) is 9.52 Å². The minimum absolute atomic E-state index is 0.00217. The zero-order valence-corrected chi connectivity index (χ0v) is 15.7. The molecular weight excluding hydrogens is 383 g/mol. The molecule has 132 valence electrons. The van der Waals surface area contributed by atoms with Crippen molar-refractivity contribution in [3.05, 3.63) is 57.6 Å². The zero-order chi connectivity index (χ0) is 18.2. The highest BCUT2D eigenvalue weighted by Crippen LogP contribution is 2.28. The predicted octanol–water partition coefficient (Wildman–Crippen LogP) is 3.70. The Morgan fingerprint density at radius 2 is 1.88 bits per heavy atom. The molecule has 0 saturated carbocycles. The summed E-state index contributed by atoms with van der Waals surface area (Å²) in [7, 11) is -3.87. The first-order valence-electron chi connectivity index (χ1n) is 7.61. The van der Waals surface area contributed by atoms with Gasteiger partial charge in [-0.25, -0.2) is 8.42 Å². The number of carbonyl (C=O) groups excluding carboxylic acids is 1. The van der Waals surface area contributed by atoms with Gasteiger partial charge in [0.1, 0.15) is 4.90 Å². The van der Waals surface area contributed by atoms with E-state index < -0.39 is 10.0 Å². The smallest absolute Gasteiger partial charge is 0.263 e. The Labute approximate surface area is 156 Å². The van der Waals surface area contributed by atoms with Crippen LogP contribution in [0, 0.1) is 0 Å². The minimum atomic E-state index is -3.87. The van der Waals surface area contributed by atoms with Crippen LogP contribution in [-0.2, 0) is 27.8 Å². The maximum absolute atomic E-state index is 12.6. The Kier molecular flexibility index (Phi) is 4.95. The van der Waals surface area contributed by atoms with E-state index in [1.54, 1.807) is 17.0 Å². The maximum Gasteiger partial charge on any atom is 0.263 e. The lowest BCUT2D eigenvalue weighted by atomic mass is 9.99. The second-order valence-electron chi connectivity index (χ2n) is 5.85. The number of amides is 1. The molecular formula is C17H16Cl2N2O3S. The third-order valence-corrected chi connectivity index (χ3v) is 6.20. The number of anilines is 1. The molecule has 0 bridgehead atoms. The molecule has 0 radical (unpaired) electrons. The Balaban J connectivity index is 1.90. The molecule has 1 aliphatic heterocycles. The molecule has 1 amide bonds. The van der Waals surface area contributed by atoms with Crippen LogP contribution in [-0.4, -0.2) is 25.8 Å². The van der Waals surface area contributed by atoms with Crippen molar-refractivity contribution in [1.82, 2.24) is 4.90 Å². The first kappa shape index (κ1) is 18.0. The molecule has 0 aromatic heterocycles. The first-order chi connectivity index (χ1) is 11.8. The standard InChI is InChI=1S/C17H16Cl2N2O3S/c1-11(22)21-7-6-12-2-4-15(8-13(12)10-21)20-25(23,24)17-9-14(18)3-5-16(17)19/h2-5,8-9,20H,6-7,10H2,1H3. The molecule has 0 spiro atoms. The van der Waals surface area contributed by atoms with Crippen LogP contribution < -0.4 is 4.72 Å². The van der Waals surface area contributed by atoms with Gasteiger partial charge in [0.2, 0.25) is 5.91 Å². The van der Waals surface area contributed by atoms with Crippen molar-refractivity contribution < 1.29 is 13.2 Å². The van der Waals surface area contributed by atoms with Gasteiger partial charge in [-0.2, -0.15) is 0 Å². The van der Waals surface area contributed by atoms with Crippen molar-refractivity contribution >= 4 is 44.8 Å². The molecule has 2 aromatic carbocycles. The summed E-state index contributed by atoms with van der Waals surface area (Å²) in [4.78, 5) is 13.2. The lowest BCUT2D eigenvalue weighted by Crippen LogP contribution is -2.34. The largest absolute Gasteiger partial charge is 0.338 e.